The van der Waals surface area contributed by atoms with Gasteiger partial charge in [-0.15, -0.1) is 0 Å². The Balaban J connectivity index is 1.92. The lowest BCUT2D eigenvalue weighted by Gasteiger charge is -2.20. The van der Waals surface area contributed by atoms with Crippen molar-refractivity contribution in [2.45, 2.75) is 25.4 Å². The highest BCUT2D eigenvalue weighted by molar-refractivity contribution is 5.81. The van der Waals surface area contributed by atoms with Gasteiger partial charge in [0, 0.05) is 0 Å². The number of carbonyl (C=O) groups excluding carboxylic acids is 1. The summed E-state index contributed by atoms with van der Waals surface area (Å²) in [5, 5.41) is 4.46. The lowest BCUT2D eigenvalue weighted by molar-refractivity contribution is -0.134. The molecule has 0 saturated carbocycles. The largest absolute Gasteiger partial charge is 0.306 e. The first-order valence-electron chi connectivity index (χ1n) is 5.61. The van der Waals surface area contributed by atoms with Crippen molar-refractivity contribution in [1.82, 2.24) is 10.3 Å². The van der Waals surface area contributed by atoms with Gasteiger partial charge in [-0.1, -0.05) is 30.3 Å². The average Bonchev–Trinajstić information content (AvgIpc) is 2.83. The van der Waals surface area contributed by atoms with E-state index in [0.29, 0.717) is 6.54 Å². The number of benzene rings is 1. The molecule has 3 N–H and O–H groups in total. The molecule has 1 heterocycles. The van der Waals surface area contributed by atoms with Crippen molar-refractivity contribution in [3.8, 4) is 0 Å². The molecule has 1 saturated heterocycles. The molecule has 86 valence electrons. The van der Waals surface area contributed by atoms with Gasteiger partial charge in [0.05, 0.1) is 12.6 Å². The van der Waals surface area contributed by atoms with Gasteiger partial charge >= 0.3 is 0 Å². The lowest BCUT2D eigenvalue weighted by Crippen LogP contribution is -2.46. The summed E-state index contributed by atoms with van der Waals surface area (Å²) in [5.74, 6) is 5.76. The Morgan fingerprint density at radius 1 is 1.44 bits per heavy atom. The first kappa shape index (κ1) is 11.1. The number of amides is 1. The van der Waals surface area contributed by atoms with Crippen LogP contribution in [0.25, 0.3) is 0 Å². The van der Waals surface area contributed by atoms with E-state index < -0.39 is 0 Å². The standard InChI is InChI=1S/C12H17N3O/c13-15(9-10-5-2-1-3-6-10)12(16)11-7-4-8-14-11/h1-3,5-6,11,14H,4,7-9,13H2. The predicted molar refractivity (Wildman–Crippen MR) is 62.2 cm³/mol. The maximum atomic E-state index is 11.9. The Hall–Kier alpha value is -1.39. The van der Waals surface area contributed by atoms with Gasteiger partial charge in [-0.25, -0.2) is 5.84 Å². The molecule has 2 rings (SSSR count). The zero-order chi connectivity index (χ0) is 11.4. The number of carbonyl (C=O) groups is 1. The first-order valence-corrected chi connectivity index (χ1v) is 5.61. The van der Waals surface area contributed by atoms with Crippen molar-refractivity contribution < 1.29 is 4.79 Å². The Morgan fingerprint density at radius 3 is 2.81 bits per heavy atom. The highest BCUT2D eigenvalue weighted by Crippen LogP contribution is 2.09. The Bertz CT molecular complexity index is 347. The molecule has 1 aliphatic rings. The summed E-state index contributed by atoms with van der Waals surface area (Å²) in [6.07, 6.45) is 1.94. The van der Waals surface area contributed by atoms with Gasteiger partial charge in [0.2, 0.25) is 0 Å². The van der Waals surface area contributed by atoms with Crippen molar-refractivity contribution in [2.75, 3.05) is 6.54 Å². The molecule has 1 aliphatic heterocycles. The SMILES string of the molecule is NN(Cc1ccccc1)C(=O)C1CCCN1. The summed E-state index contributed by atoms with van der Waals surface area (Å²) in [4.78, 5) is 11.9. The fraction of sp³-hybridized carbons (Fsp3) is 0.417. The summed E-state index contributed by atoms with van der Waals surface area (Å²) in [7, 11) is 0. The monoisotopic (exact) mass is 219 g/mol. The van der Waals surface area contributed by atoms with Gasteiger partial charge < -0.3 is 5.32 Å². The van der Waals surface area contributed by atoms with Crippen LogP contribution in [0.5, 0.6) is 0 Å². The highest BCUT2D eigenvalue weighted by Gasteiger charge is 2.25. The quantitative estimate of drug-likeness (QED) is 0.445. The Morgan fingerprint density at radius 2 is 2.19 bits per heavy atom. The topological polar surface area (TPSA) is 58.4 Å². The third-order valence-electron chi connectivity index (χ3n) is 2.84. The molecule has 0 radical (unpaired) electrons. The van der Waals surface area contributed by atoms with E-state index in [0.717, 1.165) is 24.9 Å². The van der Waals surface area contributed by atoms with E-state index >= 15 is 0 Å². The lowest BCUT2D eigenvalue weighted by atomic mass is 10.2. The molecule has 1 amide bonds. The third-order valence-corrected chi connectivity index (χ3v) is 2.84. The number of nitrogens with one attached hydrogen (secondary N) is 1. The molecule has 0 aromatic heterocycles. The molecular weight excluding hydrogens is 202 g/mol. The van der Waals surface area contributed by atoms with Crippen LogP contribution in [0.4, 0.5) is 0 Å². The van der Waals surface area contributed by atoms with E-state index in [-0.39, 0.29) is 11.9 Å². The van der Waals surface area contributed by atoms with Crippen LogP contribution < -0.4 is 11.2 Å². The van der Waals surface area contributed by atoms with Gasteiger partial charge in [-0.2, -0.15) is 0 Å². The van der Waals surface area contributed by atoms with Crippen LogP contribution in [-0.4, -0.2) is 23.5 Å². The molecule has 1 atom stereocenters. The molecule has 0 bridgehead atoms. The number of nitrogens with zero attached hydrogens (tertiary/aromatic N) is 1. The molecule has 1 aromatic carbocycles. The van der Waals surface area contributed by atoms with Crippen LogP contribution in [0.1, 0.15) is 18.4 Å². The number of hydrogen-bond donors (Lipinski definition) is 2. The second-order valence-electron chi connectivity index (χ2n) is 4.10. The Kier molecular flexibility index (Phi) is 3.54. The van der Waals surface area contributed by atoms with Gasteiger partial charge in [0.25, 0.3) is 5.91 Å². The fourth-order valence-electron chi connectivity index (χ4n) is 1.95. The smallest absolute Gasteiger partial charge is 0.253 e. The van der Waals surface area contributed by atoms with E-state index in [1.54, 1.807) is 0 Å². The molecule has 0 spiro atoms. The molecule has 1 unspecified atom stereocenters. The summed E-state index contributed by atoms with van der Waals surface area (Å²) >= 11 is 0. The summed E-state index contributed by atoms with van der Waals surface area (Å²) in [6, 6.07) is 9.69. The van der Waals surface area contributed by atoms with E-state index in [9.17, 15) is 4.79 Å². The van der Waals surface area contributed by atoms with E-state index in [1.807, 2.05) is 30.3 Å². The van der Waals surface area contributed by atoms with Gasteiger partial charge in [0.15, 0.2) is 0 Å². The fourth-order valence-corrected chi connectivity index (χ4v) is 1.95. The normalized spacial score (nSPS) is 19.7. The maximum absolute atomic E-state index is 11.9. The van der Waals surface area contributed by atoms with Crippen LogP contribution in [-0.2, 0) is 11.3 Å². The average molecular weight is 219 g/mol. The zero-order valence-corrected chi connectivity index (χ0v) is 9.23. The predicted octanol–water partition coefficient (Wildman–Crippen LogP) is 0.641. The van der Waals surface area contributed by atoms with Gasteiger partial charge in [-0.05, 0) is 24.9 Å². The summed E-state index contributed by atoms with van der Waals surface area (Å²) < 4.78 is 0. The minimum atomic E-state index is -0.0892. The highest BCUT2D eigenvalue weighted by atomic mass is 16.2. The van der Waals surface area contributed by atoms with Crippen molar-refractivity contribution in [2.24, 2.45) is 5.84 Å². The number of rotatable bonds is 3. The minimum absolute atomic E-state index is 0.0126. The number of nitrogens with two attached hydrogens (primary N) is 1. The molecule has 0 aliphatic carbocycles. The molecule has 16 heavy (non-hydrogen) atoms. The molecule has 1 fully saturated rings. The molecule has 4 heteroatoms. The van der Waals surface area contributed by atoms with Crippen molar-refractivity contribution >= 4 is 5.91 Å². The van der Waals surface area contributed by atoms with Gasteiger partial charge in [-0.3, -0.25) is 9.80 Å². The zero-order valence-electron chi connectivity index (χ0n) is 9.23. The number of hydrazine groups is 1. The maximum Gasteiger partial charge on any atom is 0.253 e. The molecular formula is C12H17N3O. The Labute approximate surface area is 95.4 Å². The van der Waals surface area contributed by atoms with Gasteiger partial charge in [0.1, 0.15) is 0 Å². The third kappa shape index (κ3) is 2.59. The second kappa shape index (κ2) is 5.09. The van der Waals surface area contributed by atoms with E-state index in [1.165, 1.54) is 5.01 Å². The molecule has 4 nitrogen and oxygen atoms in total. The van der Waals surface area contributed by atoms with Crippen LogP contribution in [0.3, 0.4) is 0 Å². The second-order valence-corrected chi connectivity index (χ2v) is 4.10. The van der Waals surface area contributed by atoms with Crippen molar-refractivity contribution in [3.05, 3.63) is 35.9 Å². The van der Waals surface area contributed by atoms with Crippen LogP contribution in [0.15, 0.2) is 30.3 Å². The summed E-state index contributed by atoms with van der Waals surface area (Å²) in [6.45, 7) is 1.38. The van der Waals surface area contributed by atoms with E-state index in [4.69, 9.17) is 5.84 Å². The van der Waals surface area contributed by atoms with E-state index in [2.05, 4.69) is 5.32 Å². The molecule has 1 aromatic rings. The van der Waals surface area contributed by atoms with Crippen molar-refractivity contribution in [3.63, 3.8) is 0 Å². The first-order chi connectivity index (χ1) is 7.77. The van der Waals surface area contributed by atoms with Crippen LogP contribution in [0.2, 0.25) is 0 Å². The number of hydrogen-bond acceptors (Lipinski definition) is 3. The van der Waals surface area contributed by atoms with Crippen LogP contribution in [0, 0.1) is 0 Å². The van der Waals surface area contributed by atoms with Crippen molar-refractivity contribution in [1.29, 1.82) is 0 Å². The minimum Gasteiger partial charge on any atom is -0.306 e. The summed E-state index contributed by atoms with van der Waals surface area (Å²) in [5.41, 5.74) is 1.05. The van der Waals surface area contributed by atoms with Crippen LogP contribution >= 0.6 is 0 Å².